The van der Waals surface area contributed by atoms with Gasteiger partial charge in [0.05, 0.1) is 0 Å². The summed E-state index contributed by atoms with van der Waals surface area (Å²) in [6, 6.07) is 15.2. The van der Waals surface area contributed by atoms with E-state index in [1.54, 1.807) is 13.8 Å². The highest BCUT2D eigenvalue weighted by molar-refractivity contribution is 5.84. The first-order valence-electron chi connectivity index (χ1n) is 11.2. The summed E-state index contributed by atoms with van der Waals surface area (Å²) in [5, 5.41) is 14.6. The van der Waals surface area contributed by atoms with Crippen molar-refractivity contribution in [3.63, 3.8) is 0 Å². The van der Waals surface area contributed by atoms with Gasteiger partial charge in [0.1, 0.15) is 12.6 Å². The predicted molar refractivity (Wildman–Crippen MR) is 126 cm³/mol. The molecule has 0 saturated heterocycles. The number of alkyl carbamates (subject to hydrolysis) is 1. The normalized spacial score (nSPS) is 13.7. The van der Waals surface area contributed by atoms with Crippen molar-refractivity contribution in [3.8, 4) is 11.1 Å². The zero-order valence-electron chi connectivity index (χ0n) is 19.6. The van der Waals surface area contributed by atoms with Crippen LogP contribution < -0.4 is 10.6 Å². The minimum absolute atomic E-state index is 0.0538. The average Bonchev–Trinajstić information content (AvgIpc) is 3.04. The lowest BCUT2D eigenvalue weighted by Gasteiger charge is -2.27. The van der Waals surface area contributed by atoms with Gasteiger partial charge >= 0.3 is 12.1 Å². The Bertz CT molecular complexity index is 985. The Balaban J connectivity index is 1.57. The lowest BCUT2D eigenvalue weighted by Crippen LogP contribution is -2.49. The number of carbonyl (C=O) groups is 3. The fraction of sp³-hybridized carbons (Fsp3) is 0.423. The van der Waals surface area contributed by atoms with Gasteiger partial charge < -0.3 is 20.5 Å². The van der Waals surface area contributed by atoms with E-state index in [1.807, 2.05) is 50.2 Å². The highest BCUT2D eigenvalue weighted by Crippen LogP contribution is 2.44. The van der Waals surface area contributed by atoms with Gasteiger partial charge in [0, 0.05) is 17.9 Å². The maximum absolute atomic E-state index is 12.5. The maximum atomic E-state index is 12.5. The molecule has 0 aromatic heterocycles. The minimum Gasteiger partial charge on any atom is -0.480 e. The van der Waals surface area contributed by atoms with Crippen LogP contribution in [0.25, 0.3) is 11.1 Å². The van der Waals surface area contributed by atoms with Gasteiger partial charge in [0.2, 0.25) is 5.91 Å². The van der Waals surface area contributed by atoms with E-state index in [2.05, 4.69) is 22.8 Å². The number of hydrogen-bond acceptors (Lipinski definition) is 4. The standard InChI is InChI=1S/C26H32N2O5/c1-16(2)13-22(24(30)31)27-23(29)14-26(3,4)28-25(32)33-15-21-19-11-7-5-9-17(19)18-10-6-8-12-20(18)21/h5-12,16,21-22H,13-15H2,1-4H3,(H,27,29)(H,28,32)(H,30,31)/t22-/m1/s1. The first-order chi connectivity index (χ1) is 15.6. The molecule has 176 valence electrons. The molecule has 3 N–H and O–H groups in total. The number of rotatable bonds is 9. The van der Waals surface area contributed by atoms with Crippen molar-refractivity contribution in [2.45, 2.75) is 58.0 Å². The summed E-state index contributed by atoms with van der Waals surface area (Å²) in [7, 11) is 0. The number of ether oxygens (including phenoxy) is 1. The average molecular weight is 453 g/mol. The molecule has 0 spiro atoms. The van der Waals surface area contributed by atoms with Gasteiger partial charge in [-0.2, -0.15) is 0 Å². The van der Waals surface area contributed by atoms with Crippen LogP contribution in [0.5, 0.6) is 0 Å². The molecule has 1 atom stereocenters. The highest BCUT2D eigenvalue weighted by atomic mass is 16.5. The van der Waals surface area contributed by atoms with Crippen molar-refractivity contribution < 1.29 is 24.2 Å². The highest BCUT2D eigenvalue weighted by Gasteiger charge is 2.31. The summed E-state index contributed by atoms with van der Waals surface area (Å²) >= 11 is 0. The molecule has 7 nitrogen and oxygen atoms in total. The Hall–Kier alpha value is -3.35. The molecule has 0 bridgehead atoms. The molecule has 2 aromatic rings. The van der Waals surface area contributed by atoms with Gasteiger partial charge in [-0.25, -0.2) is 9.59 Å². The van der Waals surface area contributed by atoms with Crippen LogP contribution in [0, 0.1) is 5.92 Å². The van der Waals surface area contributed by atoms with Crippen LogP contribution in [0.3, 0.4) is 0 Å². The summed E-state index contributed by atoms with van der Waals surface area (Å²) in [5.74, 6) is -1.44. The number of carbonyl (C=O) groups excluding carboxylic acids is 2. The second kappa shape index (κ2) is 10.1. The van der Waals surface area contributed by atoms with Gasteiger partial charge in [-0.3, -0.25) is 4.79 Å². The number of aliphatic carboxylic acids is 1. The molecule has 33 heavy (non-hydrogen) atoms. The molecular weight excluding hydrogens is 420 g/mol. The number of nitrogens with one attached hydrogen (secondary N) is 2. The van der Waals surface area contributed by atoms with Crippen molar-refractivity contribution in [2.24, 2.45) is 5.92 Å². The van der Waals surface area contributed by atoms with Crippen LogP contribution >= 0.6 is 0 Å². The summed E-state index contributed by atoms with van der Waals surface area (Å²) in [6.45, 7) is 7.37. The van der Waals surface area contributed by atoms with Crippen LogP contribution in [-0.2, 0) is 14.3 Å². The largest absolute Gasteiger partial charge is 0.480 e. The third-order valence-electron chi connectivity index (χ3n) is 5.73. The Morgan fingerprint density at radius 2 is 1.55 bits per heavy atom. The van der Waals surface area contributed by atoms with Crippen molar-refractivity contribution in [1.82, 2.24) is 10.6 Å². The summed E-state index contributed by atoms with van der Waals surface area (Å²) in [6.07, 6.45) is -0.355. The molecule has 0 unspecified atom stereocenters. The molecule has 0 saturated carbocycles. The topological polar surface area (TPSA) is 105 Å². The van der Waals surface area contributed by atoms with Gasteiger partial charge in [-0.05, 0) is 48.4 Å². The van der Waals surface area contributed by atoms with Crippen LogP contribution in [0.15, 0.2) is 48.5 Å². The number of carboxylic acids is 1. The molecule has 3 rings (SSSR count). The van der Waals surface area contributed by atoms with Crippen LogP contribution in [0.4, 0.5) is 4.79 Å². The van der Waals surface area contributed by atoms with Gasteiger partial charge in [0.25, 0.3) is 0 Å². The molecule has 1 aliphatic rings. The number of carboxylic acid groups (broad SMARTS) is 1. The molecule has 1 aliphatic carbocycles. The Labute approximate surface area is 194 Å². The van der Waals surface area contributed by atoms with Crippen molar-refractivity contribution >= 4 is 18.0 Å². The molecule has 0 fully saturated rings. The van der Waals surface area contributed by atoms with Gasteiger partial charge in [-0.15, -0.1) is 0 Å². The molecule has 0 heterocycles. The van der Waals surface area contributed by atoms with E-state index in [1.165, 1.54) is 0 Å². The Morgan fingerprint density at radius 3 is 2.06 bits per heavy atom. The first-order valence-corrected chi connectivity index (χ1v) is 11.2. The molecule has 2 amide bonds. The zero-order chi connectivity index (χ0) is 24.2. The number of fused-ring (bicyclic) bond motifs is 3. The van der Waals surface area contributed by atoms with E-state index in [4.69, 9.17) is 4.74 Å². The molecular formula is C26H32N2O5. The van der Waals surface area contributed by atoms with Crippen LogP contribution in [0.2, 0.25) is 0 Å². The fourth-order valence-electron chi connectivity index (χ4n) is 4.29. The quantitative estimate of drug-likeness (QED) is 0.526. The second-order valence-electron chi connectivity index (χ2n) is 9.60. The Morgan fingerprint density at radius 1 is 1.00 bits per heavy atom. The van der Waals surface area contributed by atoms with Gasteiger partial charge in [0.15, 0.2) is 0 Å². The van der Waals surface area contributed by atoms with E-state index in [0.717, 1.165) is 22.3 Å². The number of benzene rings is 2. The van der Waals surface area contributed by atoms with E-state index in [0.29, 0.717) is 6.42 Å². The molecule has 7 heteroatoms. The predicted octanol–water partition coefficient (Wildman–Crippen LogP) is 4.31. The van der Waals surface area contributed by atoms with E-state index in [-0.39, 0.29) is 24.9 Å². The number of hydrogen-bond donors (Lipinski definition) is 3. The second-order valence-corrected chi connectivity index (χ2v) is 9.60. The number of amides is 2. The zero-order valence-corrected chi connectivity index (χ0v) is 19.6. The van der Waals surface area contributed by atoms with Gasteiger partial charge in [-0.1, -0.05) is 62.4 Å². The van der Waals surface area contributed by atoms with Crippen molar-refractivity contribution in [1.29, 1.82) is 0 Å². The van der Waals surface area contributed by atoms with Crippen LogP contribution in [-0.4, -0.2) is 41.3 Å². The smallest absolute Gasteiger partial charge is 0.407 e. The minimum atomic E-state index is -1.07. The van der Waals surface area contributed by atoms with E-state index >= 15 is 0 Å². The fourth-order valence-corrected chi connectivity index (χ4v) is 4.29. The molecule has 0 radical (unpaired) electrons. The third-order valence-corrected chi connectivity index (χ3v) is 5.73. The van der Waals surface area contributed by atoms with E-state index in [9.17, 15) is 19.5 Å². The van der Waals surface area contributed by atoms with Crippen molar-refractivity contribution in [2.75, 3.05) is 6.61 Å². The van der Waals surface area contributed by atoms with E-state index < -0.39 is 29.6 Å². The summed E-state index contributed by atoms with van der Waals surface area (Å²) in [5.41, 5.74) is 3.63. The monoisotopic (exact) mass is 452 g/mol. The maximum Gasteiger partial charge on any atom is 0.407 e. The first kappa shape index (κ1) is 24.3. The lowest BCUT2D eigenvalue weighted by atomic mass is 9.98. The summed E-state index contributed by atoms with van der Waals surface area (Å²) in [4.78, 5) is 36.3. The Kier molecular flexibility index (Phi) is 7.41. The molecule has 0 aliphatic heterocycles. The van der Waals surface area contributed by atoms with Crippen molar-refractivity contribution in [3.05, 3.63) is 59.7 Å². The van der Waals surface area contributed by atoms with Crippen LogP contribution in [0.1, 0.15) is 57.6 Å². The third kappa shape index (κ3) is 6.12. The lowest BCUT2D eigenvalue weighted by molar-refractivity contribution is -0.142. The SMILES string of the molecule is CC(C)C[C@@H](NC(=O)CC(C)(C)NC(=O)OCC1c2ccccc2-c2ccccc21)C(=O)O. The summed E-state index contributed by atoms with van der Waals surface area (Å²) < 4.78 is 5.55. The molecule has 2 aromatic carbocycles.